The second kappa shape index (κ2) is 8.98. The van der Waals surface area contributed by atoms with Gasteiger partial charge in [0.25, 0.3) is 0 Å². The summed E-state index contributed by atoms with van der Waals surface area (Å²) < 4.78 is 5.51. The fourth-order valence-electron chi connectivity index (χ4n) is 1.99. The van der Waals surface area contributed by atoms with Crippen LogP contribution in [-0.2, 0) is 11.3 Å². The molecule has 0 bridgehead atoms. The normalized spacial score (nSPS) is 10.1. The molecule has 1 amide bonds. The monoisotopic (exact) mass is 330 g/mol. The maximum atomic E-state index is 12.0. The molecular formula is C18H19ClN2O2. The van der Waals surface area contributed by atoms with Crippen molar-refractivity contribution in [1.82, 2.24) is 5.32 Å². The number of halogens is 1. The van der Waals surface area contributed by atoms with Crippen molar-refractivity contribution in [3.8, 4) is 5.75 Å². The molecule has 2 aromatic rings. The van der Waals surface area contributed by atoms with Crippen molar-refractivity contribution in [2.24, 2.45) is 0 Å². The van der Waals surface area contributed by atoms with E-state index in [1.165, 1.54) is 0 Å². The molecule has 4 nitrogen and oxygen atoms in total. The SMILES string of the molecule is C=CCOc1ccccc1NC(=O)CNCc1ccccc1Cl. The molecule has 0 aromatic heterocycles. The van der Waals surface area contributed by atoms with Gasteiger partial charge in [-0.15, -0.1) is 0 Å². The first-order valence-corrected chi connectivity index (χ1v) is 7.65. The quantitative estimate of drug-likeness (QED) is 0.727. The van der Waals surface area contributed by atoms with Crippen molar-refractivity contribution in [3.05, 3.63) is 71.8 Å². The Balaban J connectivity index is 1.85. The Morgan fingerprint density at radius 2 is 1.91 bits per heavy atom. The van der Waals surface area contributed by atoms with Gasteiger partial charge in [0.2, 0.25) is 5.91 Å². The number of amides is 1. The Morgan fingerprint density at radius 1 is 1.17 bits per heavy atom. The van der Waals surface area contributed by atoms with E-state index in [0.29, 0.717) is 29.6 Å². The number of carbonyl (C=O) groups is 1. The van der Waals surface area contributed by atoms with E-state index in [0.717, 1.165) is 5.56 Å². The molecule has 0 heterocycles. The number of carbonyl (C=O) groups excluding carboxylic acids is 1. The highest BCUT2D eigenvalue weighted by Gasteiger charge is 2.07. The lowest BCUT2D eigenvalue weighted by Gasteiger charge is -2.12. The van der Waals surface area contributed by atoms with E-state index in [1.54, 1.807) is 18.2 Å². The van der Waals surface area contributed by atoms with Gasteiger partial charge in [-0.05, 0) is 23.8 Å². The topological polar surface area (TPSA) is 50.4 Å². The predicted molar refractivity (Wildman–Crippen MR) is 93.9 cm³/mol. The van der Waals surface area contributed by atoms with Gasteiger partial charge >= 0.3 is 0 Å². The van der Waals surface area contributed by atoms with Gasteiger partial charge in [0, 0.05) is 11.6 Å². The van der Waals surface area contributed by atoms with Gasteiger partial charge in [0.1, 0.15) is 12.4 Å². The summed E-state index contributed by atoms with van der Waals surface area (Å²) in [6.45, 7) is 4.71. The number of benzene rings is 2. The molecule has 23 heavy (non-hydrogen) atoms. The minimum absolute atomic E-state index is 0.147. The van der Waals surface area contributed by atoms with Crippen molar-refractivity contribution in [2.45, 2.75) is 6.54 Å². The van der Waals surface area contributed by atoms with Crippen molar-refractivity contribution in [2.75, 3.05) is 18.5 Å². The average molecular weight is 331 g/mol. The lowest BCUT2D eigenvalue weighted by molar-refractivity contribution is -0.115. The summed E-state index contributed by atoms with van der Waals surface area (Å²) in [6.07, 6.45) is 1.66. The second-order valence-electron chi connectivity index (χ2n) is 4.84. The summed E-state index contributed by atoms with van der Waals surface area (Å²) >= 11 is 6.07. The molecular weight excluding hydrogens is 312 g/mol. The molecule has 120 valence electrons. The number of rotatable bonds is 8. The maximum Gasteiger partial charge on any atom is 0.238 e. The molecule has 0 spiro atoms. The van der Waals surface area contributed by atoms with Crippen molar-refractivity contribution >= 4 is 23.2 Å². The number of ether oxygens (including phenoxy) is 1. The van der Waals surface area contributed by atoms with Crippen LogP contribution in [0.15, 0.2) is 61.2 Å². The third-order valence-electron chi connectivity index (χ3n) is 3.08. The van der Waals surface area contributed by atoms with Gasteiger partial charge in [-0.3, -0.25) is 4.79 Å². The molecule has 0 aliphatic heterocycles. The lowest BCUT2D eigenvalue weighted by Crippen LogP contribution is -2.28. The third kappa shape index (κ3) is 5.43. The van der Waals surface area contributed by atoms with Crippen LogP contribution in [0.4, 0.5) is 5.69 Å². The van der Waals surface area contributed by atoms with E-state index in [1.807, 2.05) is 36.4 Å². The molecule has 2 rings (SSSR count). The first-order chi connectivity index (χ1) is 11.2. The molecule has 0 aliphatic rings. The molecule has 2 N–H and O–H groups in total. The minimum Gasteiger partial charge on any atom is -0.487 e. The van der Waals surface area contributed by atoms with Gasteiger partial charge in [-0.2, -0.15) is 0 Å². The van der Waals surface area contributed by atoms with Crippen LogP contribution < -0.4 is 15.4 Å². The molecule has 5 heteroatoms. The van der Waals surface area contributed by atoms with Crippen LogP contribution in [-0.4, -0.2) is 19.1 Å². The predicted octanol–water partition coefficient (Wildman–Crippen LogP) is 3.63. The van der Waals surface area contributed by atoms with E-state index in [-0.39, 0.29) is 12.5 Å². The standard InChI is InChI=1S/C18H19ClN2O2/c1-2-11-23-17-10-6-5-9-16(17)21-18(22)13-20-12-14-7-3-4-8-15(14)19/h2-10,20H,1,11-13H2,(H,21,22). The van der Waals surface area contributed by atoms with Crippen molar-refractivity contribution in [1.29, 1.82) is 0 Å². The molecule has 0 radical (unpaired) electrons. The van der Waals surface area contributed by atoms with Crippen LogP contribution >= 0.6 is 11.6 Å². The van der Waals surface area contributed by atoms with Crippen LogP contribution in [0.3, 0.4) is 0 Å². The summed E-state index contributed by atoms with van der Waals surface area (Å²) in [5.41, 5.74) is 1.59. The van der Waals surface area contributed by atoms with Crippen LogP contribution in [0.1, 0.15) is 5.56 Å². The van der Waals surface area contributed by atoms with E-state index in [4.69, 9.17) is 16.3 Å². The fourth-order valence-corrected chi connectivity index (χ4v) is 2.19. The summed E-state index contributed by atoms with van der Waals surface area (Å²) in [7, 11) is 0. The van der Waals surface area contributed by atoms with E-state index in [2.05, 4.69) is 17.2 Å². The van der Waals surface area contributed by atoms with E-state index >= 15 is 0 Å². The number of nitrogens with one attached hydrogen (secondary N) is 2. The second-order valence-corrected chi connectivity index (χ2v) is 5.25. The Labute approximate surface area is 141 Å². The number of hydrogen-bond acceptors (Lipinski definition) is 3. The number of anilines is 1. The zero-order valence-corrected chi connectivity index (χ0v) is 13.5. The Bertz CT molecular complexity index is 674. The average Bonchev–Trinajstić information content (AvgIpc) is 2.56. The summed E-state index contributed by atoms with van der Waals surface area (Å²) in [6, 6.07) is 14.8. The highest BCUT2D eigenvalue weighted by molar-refractivity contribution is 6.31. The van der Waals surface area contributed by atoms with Gasteiger partial charge in [0.05, 0.1) is 12.2 Å². The molecule has 0 unspecified atom stereocenters. The van der Waals surface area contributed by atoms with Gasteiger partial charge < -0.3 is 15.4 Å². The molecule has 0 aliphatic carbocycles. The van der Waals surface area contributed by atoms with Crippen molar-refractivity contribution in [3.63, 3.8) is 0 Å². The van der Waals surface area contributed by atoms with Gasteiger partial charge in [0.15, 0.2) is 0 Å². The van der Waals surface area contributed by atoms with Crippen LogP contribution in [0, 0.1) is 0 Å². The van der Waals surface area contributed by atoms with Crippen molar-refractivity contribution < 1.29 is 9.53 Å². The minimum atomic E-state index is -0.147. The zero-order valence-electron chi connectivity index (χ0n) is 12.7. The molecule has 0 saturated carbocycles. The Morgan fingerprint density at radius 3 is 2.70 bits per heavy atom. The van der Waals surface area contributed by atoms with Gasteiger partial charge in [-0.1, -0.05) is 54.6 Å². The highest BCUT2D eigenvalue weighted by Crippen LogP contribution is 2.23. The van der Waals surface area contributed by atoms with Crippen LogP contribution in [0.25, 0.3) is 0 Å². The maximum absolute atomic E-state index is 12.0. The zero-order chi connectivity index (χ0) is 16.5. The highest BCUT2D eigenvalue weighted by atomic mass is 35.5. The smallest absolute Gasteiger partial charge is 0.238 e. The molecule has 0 saturated heterocycles. The van der Waals surface area contributed by atoms with Crippen LogP contribution in [0.2, 0.25) is 5.02 Å². The fraction of sp³-hybridized carbons (Fsp3) is 0.167. The van der Waals surface area contributed by atoms with E-state index < -0.39 is 0 Å². The largest absolute Gasteiger partial charge is 0.487 e. The number of hydrogen-bond donors (Lipinski definition) is 2. The summed E-state index contributed by atoms with van der Waals surface area (Å²) in [4.78, 5) is 12.0. The lowest BCUT2D eigenvalue weighted by atomic mass is 10.2. The molecule has 0 atom stereocenters. The molecule has 2 aromatic carbocycles. The number of para-hydroxylation sites is 2. The van der Waals surface area contributed by atoms with Gasteiger partial charge in [-0.25, -0.2) is 0 Å². The first kappa shape index (κ1) is 17.1. The Kier molecular flexibility index (Phi) is 6.66. The first-order valence-electron chi connectivity index (χ1n) is 7.27. The summed E-state index contributed by atoms with van der Waals surface area (Å²) in [5.74, 6) is 0.471. The molecule has 0 fully saturated rings. The summed E-state index contributed by atoms with van der Waals surface area (Å²) in [5, 5.41) is 6.58. The van der Waals surface area contributed by atoms with Crippen LogP contribution in [0.5, 0.6) is 5.75 Å². The van der Waals surface area contributed by atoms with E-state index in [9.17, 15) is 4.79 Å². The Hall–Kier alpha value is -2.30. The third-order valence-corrected chi connectivity index (χ3v) is 3.45.